The molecule has 0 amide bonds. The Hall–Kier alpha value is -2.08. The third-order valence-electron chi connectivity index (χ3n) is 2.94. The maximum Gasteiger partial charge on any atom is 0.213 e. The first-order chi connectivity index (χ1) is 10.3. The lowest BCUT2D eigenvalue weighted by Gasteiger charge is -2.11. The van der Waals surface area contributed by atoms with Crippen LogP contribution in [0.4, 0.5) is 0 Å². The summed E-state index contributed by atoms with van der Waals surface area (Å²) in [7, 11) is 3.39. The predicted molar refractivity (Wildman–Crippen MR) is 87.0 cm³/mol. The number of ether oxygens (including phenoxy) is 1. The molecular formula is C15H20N4OS. The third kappa shape index (κ3) is 5.07. The number of guanidine groups is 1. The number of nitrogens with zero attached hydrogens (tertiary/aromatic N) is 2. The molecule has 2 aromatic heterocycles. The van der Waals surface area contributed by atoms with Crippen molar-refractivity contribution >= 4 is 17.3 Å². The van der Waals surface area contributed by atoms with Gasteiger partial charge in [0.15, 0.2) is 5.96 Å². The van der Waals surface area contributed by atoms with Gasteiger partial charge in [-0.25, -0.2) is 4.98 Å². The molecule has 2 heterocycles. The number of hydrogen-bond acceptors (Lipinski definition) is 4. The summed E-state index contributed by atoms with van der Waals surface area (Å²) in [5, 5.41) is 8.68. The molecule has 5 nitrogen and oxygen atoms in total. The van der Waals surface area contributed by atoms with E-state index in [1.54, 1.807) is 31.7 Å². The summed E-state index contributed by atoms with van der Waals surface area (Å²) in [6.07, 6.45) is 2.74. The van der Waals surface area contributed by atoms with Crippen molar-refractivity contribution in [2.75, 3.05) is 20.7 Å². The molecule has 2 N–H and O–H groups in total. The van der Waals surface area contributed by atoms with E-state index in [2.05, 4.69) is 38.1 Å². The summed E-state index contributed by atoms with van der Waals surface area (Å²) in [6.45, 7) is 1.54. The summed E-state index contributed by atoms with van der Waals surface area (Å²) in [5.41, 5.74) is 1.10. The van der Waals surface area contributed by atoms with Crippen molar-refractivity contribution in [1.29, 1.82) is 0 Å². The lowest BCUT2D eigenvalue weighted by atomic mass is 10.2. The van der Waals surface area contributed by atoms with Gasteiger partial charge in [0.2, 0.25) is 5.88 Å². The molecule has 2 aromatic rings. The van der Waals surface area contributed by atoms with Crippen LogP contribution in [-0.4, -0.2) is 31.6 Å². The van der Waals surface area contributed by atoms with Crippen molar-refractivity contribution < 1.29 is 4.74 Å². The average molecular weight is 304 g/mol. The molecule has 0 fully saturated rings. The number of thiophene rings is 1. The van der Waals surface area contributed by atoms with Crippen LogP contribution in [0, 0.1) is 0 Å². The highest BCUT2D eigenvalue weighted by molar-refractivity contribution is 7.09. The van der Waals surface area contributed by atoms with E-state index >= 15 is 0 Å². The minimum absolute atomic E-state index is 0.620. The standard InChI is InChI=1S/C15H20N4OS/c1-16-15(18-8-6-13-4-3-9-21-13)19-11-12-5-7-17-14(10-12)20-2/h3-5,7,9-10H,6,8,11H2,1-2H3,(H2,16,18,19). The largest absolute Gasteiger partial charge is 0.481 e. The van der Waals surface area contributed by atoms with Gasteiger partial charge in [0.05, 0.1) is 7.11 Å². The predicted octanol–water partition coefficient (Wildman–Crippen LogP) is 2.06. The van der Waals surface area contributed by atoms with E-state index in [0.29, 0.717) is 12.4 Å². The summed E-state index contributed by atoms with van der Waals surface area (Å²) < 4.78 is 5.11. The Labute approximate surface area is 129 Å². The van der Waals surface area contributed by atoms with E-state index in [4.69, 9.17) is 4.74 Å². The highest BCUT2D eigenvalue weighted by Gasteiger charge is 2.01. The molecule has 0 aliphatic carbocycles. The van der Waals surface area contributed by atoms with Gasteiger partial charge in [-0.1, -0.05) is 6.07 Å². The maximum atomic E-state index is 5.11. The van der Waals surface area contributed by atoms with Crippen LogP contribution in [0.25, 0.3) is 0 Å². The van der Waals surface area contributed by atoms with Crippen LogP contribution in [0.15, 0.2) is 40.8 Å². The fourth-order valence-corrected chi connectivity index (χ4v) is 2.55. The Morgan fingerprint density at radius 1 is 1.38 bits per heavy atom. The molecule has 0 bridgehead atoms. The van der Waals surface area contributed by atoms with Crippen LogP contribution in [0.5, 0.6) is 5.88 Å². The van der Waals surface area contributed by atoms with E-state index < -0.39 is 0 Å². The molecule has 0 saturated carbocycles. The van der Waals surface area contributed by atoms with Crippen molar-refractivity contribution in [2.24, 2.45) is 4.99 Å². The van der Waals surface area contributed by atoms with E-state index in [1.165, 1.54) is 4.88 Å². The zero-order valence-electron chi connectivity index (χ0n) is 12.3. The van der Waals surface area contributed by atoms with E-state index in [9.17, 15) is 0 Å². The molecule has 0 atom stereocenters. The summed E-state index contributed by atoms with van der Waals surface area (Å²) in [5.74, 6) is 1.41. The van der Waals surface area contributed by atoms with Crippen molar-refractivity contribution in [2.45, 2.75) is 13.0 Å². The molecule has 0 aliphatic heterocycles. The molecule has 112 valence electrons. The lowest BCUT2D eigenvalue weighted by molar-refractivity contribution is 0.397. The van der Waals surface area contributed by atoms with Gasteiger partial charge >= 0.3 is 0 Å². The number of aromatic nitrogens is 1. The number of rotatable bonds is 6. The fourth-order valence-electron chi connectivity index (χ4n) is 1.84. The second-order valence-electron chi connectivity index (χ2n) is 4.39. The van der Waals surface area contributed by atoms with Crippen LogP contribution in [0.2, 0.25) is 0 Å². The summed E-state index contributed by atoms with van der Waals surface area (Å²) in [6, 6.07) is 8.08. The number of hydrogen-bond donors (Lipinski definition) is 2. The van der Waals surface area contributed by atoms with Crippen molar-refractivity contribution in [3.8, 4) is 5.88 Å². The van der Waals surface area contributed by atoms with Gasteiger partial charge in [0.1, 0.15) is 0 Å². The molecule has 0 aliphatic rings. The Morgan fingerprint density at radius 3 is 3.00 bits per heavy atom. The second kappa shape index (κ2) is 8.26. The van der Waals surface area contributed by atoms with Gasteiger partial charge in [0.25, 0.3) is 0 Å². The average Bonchev–Trinajstić information content (AvgIpc) is 3.04. The minimum atomic E-state index is 0.620. The van der Waals surface area contributed by atoms with Gasteiger partial charge in [-0.3, -0.25) is 4.99 Å². The van der Waals surface area contributed by atoms with E-state index in [0.717, 1.165) is 24.5 Å². The van der Waals surface area contributed by atoms with Crippen molar-refractivity contribution in [1.82, 2.24) is 15.6 Å². The maximum absolute atomic E-state index is 5.11. The van der Waals surface area contributed by atoms with Crippen LogP contribution >= 0.6 is 11.3 Å². The molecule has 21 heavy (non-hydrogen) atoms. The number of pyridine rings is 1. The second-order valence-corrected chi connectivity index (χ2v) is 5.42. The summed E-state index contributed by atoms with van der Waals surface area (Å²) >= 11 is 1.78. The van der Waals surface area contributed by atoms with Crippen LogP contribution in [0.3, 0.4) is 0 Å². The molecule has 0 unspecified atom stereocenters. The number of aliphatic imine (C=N–C) groups is 1. The molecular weight excluding hydrogens is 284 g/mol. The van der Waals surface area contributed by atoms with Crippen LogP contribution in [0.1, 0.15) is 10.4 Å². The third-order valence-corrected chi connectivity index (χ3v) is 3.87. The molecule has 0 spiro atoms. The summed E-state index contributed by atoms with van der Waals surface area (Å²) in [4.78, 5) is 9.68. The highest BCUT2D eigenvalue weighted by Crippen LogP contribution is 2.09. The number of methoxy groups -OCH3 is 1. The van der Waals surface area contributed by atoms with Crippen molar-refractivity contribution in [3.63, 3.8) is 0 Å². The van der Waals surface area contributed by atoms with E-state index in [-0.39, 0.29) is 0 Å². The van der Waals surface area contributed by atoms with Crippen LogP contribution in [-0.2, 0) is 13.0 Å². The SMILES string of the molecule is CN=C(NCCc1cccs1)NCc1ccnc(OC)c1. The smallest absolute Gasteiger partial charge is 0.213 e. The van der Waals surface area contributed by atoms with Crippen molar-refractivity contribution in [3.05, 3.63) is 46.3 Å². The first-order valence-electron chi connectivity index (χ1n) is 6.77. The topological polar surface area (TPSA) is 58.5 Å². The Balaban J connectivity index is 1.76. The minimum Gasteiger partial charge on any atom is -0.481 e. The van der Waals surface area contributed by atoms with Gasteiger partial charge in [-0.15, -0.1) is 11.3 Å². The quantitative estimate of drug-likeness (QED) is 0.633. The Morgan fingerprint density at radius 2 is 2.29 bits per heavy atom. The van der Waals surface area contributed by atoms with Crippen LogP contribution < -0.4 is 15.4 Å². The first kappa shape index (κ1) is 15.3. The zero-order valence-corrected chi connectivity index (χ0v) is 13.1. The fraction of sp³-hybridized carbons (Fsp3) is 0.333. The van der Waals surface area contributed by atoms with Gasteiger partial charge in [-0.05, 0) is 29.5 Å². The van der Waals surface area contributed by atoms with E-state index in [1.807, 2.05) is 12.1 Å². The number of nitrogens with one attached hydrogen (secondary N) is 2. The van der Waals surface area contributed by atoms with Gasteiger partial charge < -0.3 is 15.4 Å². The highest BCUT2D eigenvalue weighted by atomic mass is 32.1. The Kier molecular flexibility index (Phi) is 6.02. The first-order valence-corrected chi connectivity index (χ1v) is 7.65. The Bertz CT molecular complexity index is 569. The van der Waals surface area contributed by atoms with Gasteiger partial charge in [-0.2, -0.15) is 0 Å². The molecule has 0 saturated heterocycles. The monoisotopic (exact) mass is 304 g/mol. The lowest BCUT2D eigenvalue weighted by Crippen LogP contribution is -2.37. The molecule has 2 rings (SSSR count). The molecule has 6 heteroatoms. The molecule has 0 radical (unpaired) electrons. The van der Waals surface area contributed by atoms with Gasteiger partial charge in [0, 0.05) is 37.3 Å². The molecule has 0 aromatic carbocycles. The zero-order chi connectivity index (χ0) is 14.9. The normalized spacial score (nSPS) is 11.2.